The number of hydrogen-bond acceptors (Lipinski definition) is 5. The van der Waals surface area contributed by atoms with Crippen molar-refractivity contribution in [3.63, 3.8) is 0 Å². The number of hydrogen-bond donors (Lipinski definition) is 1. The number of nitrogen functional groups attached to an aromatic ring is 1. The number of anilines is 2. The fourth-order valence-corrected chi connectivity index (χ4v) is 4.27. The molecule has 0 fully saturated rings. The summed E-state index contributed by atoms with van der Waals surface area (Å²) in [5, 5.41) is 4.31. The number of furan rings is 1. The monoisotopic (exact) mass is 392 g/mol. The van der Waals surface area contributed by atoms with Crippen LogP contribution in [0.5, 0.6) is 0 Å². The van der Waals surface area contributed by atoms with Gasteiger partial charge >= 0.3 is 0 Å². The van der Waals surface area contributed by atoms with Crippen molar-refractivity contribution in [2.75, 3.05) is 10.6 Å². The molecule has 3 aromatic rings. The van der Waals surface area contributed by atoms with Crippen molar-refractivity contribution in [1.29, 1.82) is 0 Å². The number of carbonyl (C=O) groups excluding carboxylic acids is 1. The topological polar surface area (TPSA) is 94.4 Å². The predicted octanol–water partition coefficient (Wildman–Crippen LogP) is 3.40. The summed E-state index contributed by atoms with van der Waals surface area (Å²) in [5.74, 6) is 0.610. The molecule has 0 radical (unpaired) electrons. The summed E-state index contributed by atoms with van der Waals surface area (Å²) >= 11 is 0. The number of nitrogens with two attached hydrogens (primary N) is 1. The van der Waals surface area contributed by atoms with E-state index in [-0.39, 0.29) is 18.1 Å². The van der Waals surface area contributed by atoms with E-state index in [1.54, 1.807) is 17.0 Å². The van der Waals surface area contributed by atoms with Crippen LogP contribution in [0.4, 0.5) is 11.4 Å². The molecule has 0 saturated carbocycles. The second-order valence-electron chi connectivity index (χ2n) is 8.13. The summed E-state index contributed by atoms with van der Waals surface area (Å²) in [5.41, 5.74) is 7.44. The zero-order chi connectivity index (χ0) is 20.8. The Bertz CT molecular complexity index is 1120. The molecule has 2 N–H and O–H groups in total. The van der Waals surface area contributed by atoms with Gasteiger partial charge in [-0.1, -0.05) is 25.1 Å². The number of nitrogens with zero attached hydrogens (tertiary/aromatic N) is 3. The Labute approximate surface area is 168 Å². The molecule has 29 heavy (non-hydrogen) atoms. The van der Waals surface area contributed by atoms with Gasteiger partial charge in [0.1, 0.15) is 17.9 Å². The minimum Gasteiger partial charge on any atom is -0.463 e. The molecule has 0 bridgehead atoms. The lowest BCUT2D eigenvalue weighted by atomic mass is 9.80. The summed E-state index contributed by atoms with van der Waals surface area (Å²) in [7, 11) is 0. The van der Waals surface area contributed by atoms with Gasteiger partial charge in [0.25, 0.3) is 5.56 Å². The molecule has 1 amide bonds. The van der Waals surface area contributed by atoms with Crippen LogP contribution in [-0.4, -0.2) is 21.2 Å². The molecular weight excluding hydrogens is 368 g/mol. The Morgan fingerprint density at radius 1 is 1.28 bits per heavy atom. The van der Waals surface area contributed by atoms with Crippen molar-refractivity contribution < 1.29 is 9.21 Å². The van der Waals surface area contributed by atoms with Gasteiger partial charge in [0.2, 0.25) is 5.91 Å². The Balaban J connectivity index is 1.73. The Hall–Kier alpha value is -3.35. The van der Waals surface area contributed by atoms with Crippen LogP contribution in [0, 0.1) is 0 Å². The van der Waals surface area contributed by atoms with Crippen molar-refractivity contribution in [3.8, 4) is 11.5 Å². The molecular formula is C22H24N4O3. The summed E-state index contributed by atoms with van der Waals surface area (Å²) in [6, 6.07) is 12.8. The first-order valence-electron chi connectivity index (χ1n) is 9.61. The Morgan fingerprint density at radius 2 is 2.03 bits per heavy atom. The maximum Gasteiger partial charge on any atom is 0.290 e. The van der Waals surface area contributed by atoms with E-state index in [9.17, 15) is 9.59 Å². The summed E-state index contributed by atoms with van der Waals surface area (Å²) in [6.45, 7) is 6.05. The highest BCUT2D eigenvalue weighted by Gasteiger charge is 2.39. The first-order valence-corrected chi connectivity index (χ1v) is 9.61. The van der Waals surface area contributed by atoms with E-state index >= 15 is 0 Å². The SMILES string of the molecule is CC1CC(C)(C)N(C(=O)Cn2nc(-c3ccco3)cc(N)c2=O)c2ccccc21. The first-order chi connectivity index (χ1) is 13.8. The van der Waals surface area contributed by atoms with Crippen molar-refractivity contribution in [2.45, 2.75) is 45.2 Å². The van der Waals surface area contributed by atoms with Crippen LogP contribution in [0.1, 0.15) is 38.7 Å². The Kier molecular flexibility index (Phi) is 4.53. The largest absolute Gasteiger partial charge is 0.463 e. The molecule has 0 saturated heterocycles. The number of amides is 1. The normalized spacial score (nSPS) is 17.8. The first kappa shape index (κ1) is 19.0. The lowest BCUT2D eigenvalue weighted by Gasteiger charge is -2.46. The van der Waals surface area contributed by atoms with Gasteiger partial charge in [0, 0.05) is 11.2 Å². The summed E-state index contributed by atoms with van der Waals surface area (Å²) in [6.07, 6.45) is 2.34. The molecule has 1 aromatic carbocycles. The molecule has 3 heterocycles. The number of rotatable bonds is 3. The third kappa shape index (κ3) is 3.33. The number of para-hydroxylation sites is 1. The van der Waals surface area contributed by atoms with Crippen molar-refractivity contribution >= 4 is 17.3 Å². The highest BCUT2D eigenvalue weighted by molar-refractivity contribution is 5.96. The zero-order valence-corrected chi connectivity index (χ0v) is 16.8. The van der Waals surface area contributed by atoms with Gasteiger partial charge in [0.05, 0.1) is 6.26 Å². The van der Waals surface area contributed by atoms with E-state index in [1.165, 1.54) is 12.3 Å². The summed E-state index contributed by atoms with van der Waals surface area (Å²) in [4.78, 5) is 27.7. The Morgan fingerprint density at radius 3 is 2.76 bits per heavy atom. The third-order valence-electron chi connectivity index (χ3n) is 5.43. The number of fused-ring (bicyclic) bond motifs is 1. The average Bonchev–Trinajstić information content (AvgIpc) is 3.19. The van der Waals surface area contributed by atoms with Crippen molar-refractivity contribution in [3.05, 3.63) is 64.6 Å². The number of carbonyl (C=O) groups is 1. The molecule has 1 aliphatic rings. The molecule has 1 aliphatic heterocycles. The molecule has 7 nitrogen and oxygen atoms in total. The quantitative estimate of drug-likeness (QED) is 0.737. The van der Waals surface area contributed by atoms with Crippen LogP contribution in [0.3, 0.4) is 0 Å². The van der Waals surface area contributed by atoms with Gasteiger partial charge in [-0.3, -0.25) is 9.59 Å². The van der Waals surface area contributed by atoms with E-state index in [2.05, 4.69) is 18.1 Å². The molecule has 1 atom stereocenters. The third-order valence-corrected chi connectivity index (χ3v) is 5.43. The molecule has 1 unspecified atom stereocenters. The fraction of sp³-hybridized carbons (Fsp3) is 0.318. The van der Waals surface area contributed by atoms with Crippen LogP contribution >= 0.6 is 0 Å². The molecule has 2 aromatic heterocycles. The fourth-order valence-electron chi connectivity index (χ4n) is 4.27. The van der Waals surface area contributed by atoms with Crippen LogP contribution in [0.2, 0.25) is 0 Å². The van der Waals surface area contributed by atoms with Crippen LogP contribution < -0.4 is 16.2 Å². The molecule has 4 rings (SSSR count). The molecule has 0 spiro atoms. The van der Waals surface area contributed by atoms with E-state index in [0.29, 0.717) is 17.4 Å². The van der Waals surface area contributed by atoms with Crippen LogP contribution in [0.25, 0.3) is 11.5 Å². The second kappa shape index (κ2) is 6.92. The second-order valence-corrected chi connectivity index (χ2v) is 8.13. The van der Waals surface area contributed by atoms with Crippen molar-refractivity contribution in [1.82, 2.24) is 9.78 Å². The van der Waals surface area contributed by atoms with Crippen LogP contribution in [0.15, 0.2) is 57.9 Å². The smallest absolute Gasteiger partial charge is 0.290 e. The van der Waals surface area contributed by atoms with E-state index in [0.717, 1.165) is 22.4 Å². The van der Waals surface area contributed by atoms with Gasteiger partial charge in [-0.05, 0) is 56.0 Å². The summed E-state index contributed by atoms with van der Waals surface area (Å²) < 4.78 is 6.47. The average molecular weight is 392 g/mol. The maximum atomic E-state index is 13.4. The van der Waals surface area contributed by atoms with Crippen LogP contribution in [-0.2, 0) is 11.3 Å². The standard InChI is InChI=1S/C22H24N4O3/c1-14-12-22(2,3)26(18-8-5-4-7-15(14)18)20(27)13-25-21(28)16(23)11-17(24-25)19-9-6-10-29-19/h4-11,14H,12-13,23H2,1-3H3. The lowest BCUT2D eigenvalue weighted by Crippen LogP contribution is -2.53. The molecule has 7 heteroatoms. The van der Waals surface area contributed by atoms with Gasteiger partial charge in [-0.25, -0.2) is 4.68 Å². The minimum atomic E-state index is -0.495. The van der Waals surface area contributed by atoms with E-state index < -0.39 is 11.1 Å². The van der Waals surface area contributed by atoms with E-state index in [4.69, 9.17) is 10.2 Å². The lowest BCUT2D eigenvalue weighted by molar-refractivity contribution is -0.120. The number of benzene rings is 1. The molecule has 0 aliphatic carbocycles. The van der Waals surface area contributed by atoms with Crippen molar-refractivity contribution in [2.24, 2.45) is 0 Å². The van der Waals surface area contributed by atoms with Gasteiger partial charge < -0.3 is 15.1 Å². The highest BCUT2D eigenvalue weighted by atomic mass is 16.3. The molecule has 150 valence electrons. The maximum absolute atomic E-state index is 13.4. The van der Waals surface area contributed by atoms with Gasteiger partial charge in [-0.2, -0.15) is 5.10 Å². The van der Waals surface area contributed by atoms with Gasteiger partial charge in [-0.15, -0.1) is 0 Å². The minimum absolute atomic E-state index is 0.0196. The predicted molar refractivity (Wildman–Crippen MR) is 112 cm³/mol. The number of aromatic nitrogens is 2. The highest BCUT2D eigenvalue weighted by Crippen LogP contribution is 2.43. The van der Waals surface area contributed by atoms with E-state index in [1.807, 2.05) is 32.0 Å². The zero-order valence-electron chi connectivity index (χ0n) is 16.8. The van der Waals surface area contributed by atoms with Gasteiger partial charge in [0.15, 0.2) is 5.76 Å².